The molecule has 0 radical (unpaired) electrons. The van der Waals surface area contributed by atoms with E-state index in [1.165, 1.54) is 19.3 Å². The van der Waals surface area contributed by atoms with Gasteiger partial charge < -0.3 is 10.8 Å². The Hall–Kier alpha value is -0.570. The number of carbonyl (C=O) groups is 1. The van der Waals surface area contributed by atoms with Crippen molar-refractivity contribution in [1.82, 2.24) is 0 Å². The Bertz CT molecular complexity index is 170. The minimum Gasteiger partial charge on any atom is -0.481 e. The Morgan fingerprint density at radius 2 is 2.00 bits per heavy atom. The third-order valence-corrected chi connectivity index (χ3v) is 2.95. The topological polar surface area (TPSA) is 63.3 Å². The van der Waals surface area contributed by atoms with Gasteiger partial charge in [0.2, 0.25) is 0 Å². The molecule has 1 aliphatic rings. The highest BCUT2D eigenvalue weighted by Gasteiger charge is 2.20. The molecule has 1 rings (SSSR count). The van der Waals surface area contributed by atoms with Crippen LogP contribution in [0.5, 0.6) is 0 Å². The van der Waals surface area contributed by atoms with Crippen LogP contribution in [-0.2, 0) is 4.79 Å². The lowest BCUT2D eigenvalue weighted by Crippen LogP contribution is -2.29. The van der Waals surface area contributed by atoms with Gasteiger partial charge in [-0.05, 0) is 25.2 Å². The average molecular weight is 185 g/mol. The van der Waals surface area contributed by atoms with Crippen molar-refractivity contribution < 1.29 is 9.90 Å². The highest BCUT2D eigenvalue weighted by molar-refractivity contribution is 5.66. The highest BCUT2D eigenvalue weighted by Crippen LogP contribution is 2.25. The normalized spacial score (nSPS) is 29.6. The van der Waals surface area contributed by atoms with Gasteiger partial charge in [-0.15, -0.1) is 0 Å². The van der Waals surface area contributed by atoms with E-state index in [9.17, 15) is 4.79 Å². The van der Waals surface area contributed by atoms with Gasteiger partial charge in [-0.3, -0.25) is 4.79 Å². The first-order valence-electron chi connectivity index (χ1n) is 5.17. The van der Waals surface area contributed by atoms with Crippen LogP contribution in [0.25, 0.3) is 0 Å². The Morgan fingerprint density at radius 1 is 1.31 bits per heavy atom. The molecule has 0 aromatic rings. The summed E-state index contributed by atoms with van der Waals surface area (Å²) in [6.07, 6.45) is 6.92. The summed E-state index contributed by atoms with van der Waals surface area (Å²) < 4.78 is 0. The fourth-order valence-corrected chi connectivity index (χ4v) is 2.08. The molecule has 76 valence electrons. The van der Waals surface area contributed by atoms with Crippen LogP contribution >= 0.6 is 0 Å². The molecule has 1 aliphatic carbocycles. The maximum absolute atomic E-state index is 10.4. The molecule has 3 heteroatoms. The first-order valence-corrected chi connectivity index (χ1v) is 5.17. The molecule has 0 aromatic carbocycles. The van der Waals surface area contributed by atoms with Crippen LogP contribution in [0.3, 0.4) is 0 Å². The Labute approximate surface area is 79.3 Å². The molecule has 1 saturated carbocycles. The molecular weight excluding hydrogens is 166 g/mol. The first kappa shape index (κ1) is 10.5. The fourth-order valence-electron chi connectivity index (χ4n) is 2.08. The van der Waals surface area contributed by atoms with Crippen molar-refractivity contribution in [2.24, 2.45) is 11.7 Å². The largest absolute Gasteiger partial charge is 0.481 e. The molecule has 0 amide bonds. The average Bonchev–Trinajstić information content (AvgIpc) is 2.27. The van der Waals surface area contributed by atoms with Crippen LogP contribution in [0.15, 0.2) is 0 Å². The summed E-state index contributed by atoms with van der Waals surface area (Å²) in [7, 11) is 0. The van der Waals surface area contributed by atoms with Gasteiger partial charge in [0.1, 0.15) is 0 Å². The van der Waals surface area contributed by atoms with Crippen molar-refractivity contribution in [3.63, 3.8) is 0 Å². The van der Waals surface area contributed by atoms with E-state index < -0.39 is 5.97 Å². The maximum Gasteiger partial charge on any atom is 0.303 e. The number of hydrogen-bond donors (Lipinski definition) is 2. The van der Waals surface area contributed by atoms with Crippen LogP contribution < -0.4 is 5.73 Å². The Balaban J connectivity index is 2.31. The second-order valence-corrected chi connectivity index (χ2v) is 3.99. The van der Waals surface area contributed by atoms with E-state index in [2.05, 4.69) is 0 Å². The molecule has 13 heavy (non-hydrogen) atoms. The minimum absolute atomic E-state index is 0.238. The lowest BCUT2D eigenvalue weighted by Gasteiger charge is -2.19. The van der Waals surface area contributed by atoms with Crippen molar-refractivity contribution in [3.05, 3.63) is 0 Å². The van der Waals surface area contributed by atoms with Gasteiger partial charge >= 0.3 is 5.97 Å². The van der Waals surface area contributed by atoms with Crippen LogP contribution in [0.2, 0.25) is 0 Å². The Morgan fingerprint density at radius 3 is 2.69 bits per heavy atom. The van der Waals surface area contributed by atoms with E-state index in [0.29, 0.717) is 5.92 Å². The van der Waals surface area contributed by atoms with Gasteiger partial charge in [-0.1, -0.05) is 19.3 Å². The van der Waals surface area contributed by atoms with Crippen molar-refractivity contribution in [1.29, 1.82) is 0 Å². The second-order valence-electron chi connectivity index (χ2n) is 3.99. The lowest BCUT2D eigenvalue weighted by atomic mass is 9.91. The third kappa shape index (κ3) is 3.77. The molecule has 2 atom stereocenters. The molecule has 0 aliphatic heterocycles. The van der Waals surface area contributed by atoms with Crippen molar-refractivity contribution in [3.8, 4) is 0 Å². The van der Waals surface area contributed by atoms with Gasteiger partial charge in [0, 0.05) is 12.5 Å². The zero-order valence-corrected chi connectivity index (χ0v) is 8.04. The van der Waals surface area contributed by atoms with Crippen LogP contribution in [0, 0.1) is 5.92 Å². The molecule has 0 aromatic heterocycles. The molecule has 3 N–H and O–H groups in total. The predicted molar refractivity (Wildman–Crippen MR) is 51.4 cm³/mol. The number of rotatable bonds is 3. The molecule has 3 nitrogen and oxygen atoms in total. The monoisotopic (exact) mass is 185 g/mol. The zero-order chi connectivity index (χ0) is 9.68. The minimum atomic E-state index is -0.698. The van der Waals surface area contributed by atoms with Crippen molar-refractivity contribution in [2.75, 3.05) is 0 Å². The second kappa shape index (κ2) is 5.22. The molecular formula is C10H19NO2. The number of aliphatic carboxylic acids is 1. The van der Waals surface area contributed by atoms with Gasteiger partial charge in [0.15, 0.2) is 0 Å². The fraction of sp³-hybridized carbons (Fsp3) is 0.900. The predicted octanol–water partition coefficient (Wildman–Crippen LogP) is 1.76. The molecule has 0 spiro atoms. The van der Waals surface area contributed by atoms with E-state index in [1.807, 2.05) is 0 Å². The van der Waals surface area contributed by atoms with Crippen LogP contribution in [0.1, 0.15) is 44.9 Å². The van der Waals surface area contributed by atoms with E-state index in [1.54, 1.807) is 0 Å². The lowest BCUT2D eigenvalue weighted by molar-refractivity contribution is -0.137. The number of nitrogens with two attached hydrogens (primary N) is 1. The van der Waals surface area contributed by atoms with Crippen LogP contribution in [0.4, 0.5) is 0 Å². The van der Waals surface area contributed by atoms with Gasteiger partial charge in [0.05, 0.1) is 0 Å². The molecule has 0 bridgehead atoms. The summed E-state index contributed by atoms with van der Waals surface area (Å²) >= 11 is 0. The summed E-state index contributed by atoms with van der Waals surface area (Å²) in [5.74, 6) is -0.255. The van der Waals surface area contributed by atoms with E-state index in [4.69, 9.17) is 10.8 Å². The summed E-state index contributed by atoms with van der Waals surface area (Å²) in [4.78, 5) is 10.4. The SMILES string of the molecule is NC1CCCCCC1CCC(=O)O. The molecule has 0 saturated heterocycles. The van der Waals surface area contributed by atoms with E-state index >= 15 is 0 Å². The Kier molecular flexibility index (Phi) is 4.22. The number of hydrogen-bond acceptors (Lipinski definition) is 2. The zero-order valence-electron chi connectivity index (χ0n) is 8.04. The van der Waals surface area contributed by atoms with Gasteiger partial charge in [-0.2, -0.15) is 0 Å². The van der Waals surface area contributed by atoms with Crippen molar-refractivity contribution in [2.45, 2.75) is 51.0 Å². The van der Waals surface area contributed by atoms with E-state index in [-0.39, 0.29) is 12.5 Å². The number of carboxylic acids is 1. The van der Waals surface area contributed by atoms with Crippen LogP contribution in [-0.4, -0.2) is 17.1 Å². The standard InChI is InChI=1S/C10H19NO2/c11-9-5-3-1-2-4-8(9)6-7-10(12)13/h8-9H,1-7,11H2,(H,12,13). The maximum atomic E-state index is 10.4. The molecule has 0 heterocycles. The summed E-state index contributed by atoms with van der Waals surface area (Å²) in [6, 6.07) is 0.238. The quantitative estimate of drug-likeness (QED) is 0.658. The summed E-state index contributed by atoms with van der Waals surface area (Å²) in [5.41, 5.74) is 5.97. The van der Waals surface area contributed by atoms with Gasteiger partial charge in [0.25, 0.3) is 0 Å². The van der Waals surface area contributed by atoms with Crippen molar-refractivity contribution >= 4 is 5.97 Å². The smallest absolute Gasteiger partial charge is 0.303 e. The summed E-state index contributed by atoms with van der Waals surface area (Å²) in [6.45, 7) is 0. The highest BCUT2D eigenvalue weighted by atomic mass is 16.4. The molecule has 1 fully saturated rings. The number of carboxylic acid groups (broad SMARTS) is 1. The first-order chi connectivity index (χ1) is 6.20. The molecule has 2 unspecified atom stereocenters. The van der Waals surface area contributed by atoms with Gasteiger partial charge in [-0.25, -0.2) is 0 Å². The van der Waals surface area contributed by atoms with E-state index in [0.717, 1.165) is 19.3 Å². The summed E-state index contributed by atoms with van der Waals surface area (Å²) in [5, 5.41) is 8.56. The third-order valence-electron chi connectivity index (χ3n) is 2.95.